The summed E-state index contributed by atoms with van der Waals surface area (Å²) in [6.07, 6.45) is 5.66. The number of nitrogens with one attached hydrogen (secondary N) is 1. The molecule has 1 saturated heterocycles. The first-order valence-corrected chi connectivity index (χ1v) is 8.98. The molecule has 26 heavy (non-hydrogen) atoms. The van der Waals surface area contributed by atoms with Gasteiger partial charge < -0.3 is 5.32 Å². The molecule has 2 aromatic carbocycles. The van der Waals surface area contributed by atoms with Gasteiger partial charge in [-0.25, -0.2) is 4.68 Å². The Bertz CT molecular complexity index is 843. The lowest BCUT2D eigenvalue weighted by Crippen LogP contribution is -2.39. The van der Waals surface area contributed by atoms with Gasteiger partial charge in [-0.15, -0.1) is 0 Å². The second-order valence-corrected chi connectivity index (χ2v) is 6.60. The first kappa shape index (κ1) is 16.5. The molecule has 3 aromatic rings. The smallest absolute Gasteiger partial charge is 0.241 e. The largest absolute Gasteiger partial charge is 0.325 e. The van der Waals surface area contributed by atoms with Crippen LogP contribution >= 0.6 is 0 Å². The summed E-state index contributed by atoms with van der Waals surface area (Å²) in [6.45, 7) is 1.74. The molecule has 1 aliphatic rings. The second-order valence-electron chi connectivity index (χ2n) is 6.60. The van der Waals surface area contributed by atoms with Crippen molar-refractivity contribution >= 4 is 11.6 Å². The number of benzene rings is 2. The SMILES string of the molecule is O=C(Nc1ccccc1)C1CCCN1Cc1ccc(-n2cccn2)cc1. The third kappa shape index (κ3) is 3.68. The van der Waals surface area contributed by atoms with Crippen molar-refractivity contribution in [2.45, 2.75) is 25.4 Å². The molecule has 5 nitrogen and oxygen atoms in total. The van der Waals surface area contributed by atoms with Gasteiger partial charge in [0.2, 0.25) is 5.91 Å². The fourth-order valence-electron chi connectivity index (χ4n) is 3.47. The number of aromatic nitrogens is 2. The van der Waals surface area contributed by atoms with Crippen LogP contribution in [0.5, 0.6) is 0 Å². The van der Waals surface area contributed by atoms with E-state index in [1.165, 1.54) is 5.56 Å². The van der Waals surface area contributed by atoms with E-state index < -0.39 is 0 Å². The maximum atomic E-state index is 12.7. The van der Waals surface area contributed by atoms with Crippen LogP contribution in [0.2, 0.25) is 0 Å². The molecule has 1 fully saturated rings. The monoisotopic (exact) mass is 346 g/mol. The lowest BCUT2D eigenvalue weighted by Gasteiger charge is -2.23. The highest BCUT2D eigenvalue weighted by Crippen LogP contribution is 2.22. The molecular formula is C21H22N4O. The fourth-order valence-corrected chi connectivity index (χ4v) is 3.47. The summed E-state index contributed by atoms with van der Waals surface area (Å²) in [5, 5.41) is 7.28. The summed E-state index contributed by atoms with van der Waals surface area (Å²) in [6, 6.07) is 19.9. The molecule has 0 aliphatic carbocycles. The normalized spacial score (nSPS) is 17.3. The topological polar surface area (TPSA) is 50.2 Å². The molecule has 4 rings (SSSR count). The van der Waals surface area contributed by atoms with Crippen molar-refractivity contribution in [3.63, 3.8) is 0 Å². The third-order valence-corrected chi connectivity index (χ3v) is 4.80. The Morgan fingerprint density at radius 1 is 1.08 bits per heavy atom. The molecule has 0 radical (unpaired) electrons. The number of nitrogens with zero attached hydrogens (tertiary/aromatic N) is 3. The van der Waals surface area contributed by atoms with Gasteiger partial charge >= 0.3 is 0 Å². The lowest BCUT2D eigenvalue weighted by atomic mass is 10.1. The van der Waals surface area contributed by atoms with Crippen LogP contribution in [0, 0.1) is 0 Å². The highest BCUT2D eigenvalue weighted by atomic mass is 16.2. The Hall–Kier alpha value is -2.92. The van der Waals surface area contributed by atoms with E-state index in [1.54, 1.807) is 6.20 Å². The first-order chi connectivity index (χ1) is 12.8. The van der Waals surface area contributed by atoms with Gasteiger partial charge in [0.15, 0.2) is 0 Å². The van der Waals surface area contributed by atoms with E-state index in [0.717, 1.165) is 37.3 Å². The number of hydrogen-bond donors (Lipinski definition) is 1. The molecule has 2 heterocycles. The minimum atomic E-state index is -0.0685. The summed E-state index contributed by atoms with van der Waals surface area (Å²) in [5.41, 5.74) is 3.10. The Kier molecular flexibility index (Phi) is 4.80. The van der Waals surface area contributed by atoms with Crippen LogP contribution in [-0.4, -0.2) is 33.2 Å². The molecule has 1 amide bonds. The molecule has 132 valence electrons. The quantitative estimate of drug-likeness (QED) is 0.769. The highest BCUT2D eigenvalue weighted by molar-refractivity contribution is 5.94. The molecule has 0 saturated carbocycles. The van der Waals surface area contributed by atoms with Gasteiger partial charge in [-0.2, -0.15) is 5.10 Å². The van der Waals surface area contributed by atoms with Crippen LogP contribution in [-0.2, 0) is 11.3 Å². The molecule has 0 spiro atoms. The highest BCUT2D eigenvalue weighted by Gasteiger charge is 2.30. The van der Waals surface area contributed by atoms with Gasteiger partial charge in [0.1, 0.15) is 0 Å². The summed E-state index contributed by atoms with van der Waals surface area (Å²) in [7, 11) is 0. The molecular weight excluding hydrogens is 324 g/mol. The first-order valence-electron chi connectivity index (χ1n) is 8.98. The Labute approximate surface area is 153 Å². The van der Waals surface area contributed by atoms with Gasteiger partial charge in [0.25, 0.3) is 0 Å². The van der Waals surface area contributed by atoms with E-state index in [1.807, 2.05) is 47.3 Å². The van der Waals surface area contributed by atoms with Crippen LogP contribution < -0.4 is 5.32 Å². The van der Waals surface area contributed by atoms with Crippen molar-refractivity contribution in [3.05, 3.63) is 78.6 Å². The van der Waals surface area contributed by atoms with Crippen LogP contribution in [0.15, 0.2) is 73.1 Å². The minimum absolute atomic E-state index is 0.0685. The van der Waals surface area contributed by atoms with Crippen LogP contribution in [0.4, 0.5) is 5.69 Å². The standard InChI is InChI=1S/C21H22N4O/c26-21(23-18-6-2-1-3-7-18)20-8-4-14-24(20)16-17-9-11-19(12-10-17)25-15-5-13-22-25/h1-3,5-7,9-13,15,20H,4,8,14,16H2,(H,23,26). The zero-order valence-corrected chi connectivity index (χ0v) is 14.6. The number of para-hydroxylation sites is 1. The third-order valence-electron chi connectivity index (χ3n) is 4.80. The van der Waals surface area contributed by atoms with Gasteiger partial charge in [-0.3, -0.25) is 9.69 Å². The second kappa shape index (κ2) is 7.54. The Morgan fingerprint density at radius 3 is 2.62 bits per heavy atom. The van der Waals surface area contributed by atoms with Crippen molar-refractivity contribution in [2.24, 2.45) is 0 Å². The summed E-state index contributed by atoms with van der Waals surface area (Å²) in [5.74, 6) is 0.0851. The van der Waals surface area contributed by atoms with Gasteiger partial charge in [0.05, 0.1) is 11.7 Å². The number of carbonyl (C=O) groups excluding carboxylic acids is 1. The number of likely N-dealkylation sites (tertiary alicyclic amines) is 1. The zero-order chi connectivity index (χ0) is 17.8. The van der Waals surface area contributed by atoms with Gasteiger partial charge in [0, 0.05) is 24.6 Å². The van der Waals surface area contributed by atoms with E-state index in [2.05, 4.69) is 39.6 Å². The summed E-state index contributed by atoms with van der Waals surface area (Å²) in [4.78, 5) is 14.9. The maximum absolute atomic E-state index is 12.7. The van der Waals surface area contributed by atoms with Crippen LogP contribution in [0.25, 0.3) is 5.69 Å². The number of anilines is 1. The predicted octanol–water partition coefficient (Wildman–Crippen LogP) is 3.48. The van der Waals surface area contributed by atoms with Crippen molar-refractivity contribution in [1.29, 1.82) is 0 Å². The van der Waals surface area contributed by atoms with Crippen molar-refractivity contribution < 1.29 is 4.79 Å². The fraction of sp³-hybridized carbons (Fsp3) is 0.238. The molecule has 5 heteroatoms. The van der Waals surface area contributed by atoms with Crippen molar-refractivity contribution in [3.8, 4) is 5.69 Å². The molecule has 1 atom stereocenters. The minimum Gasteiger partial charge on any atom is -0.325 e. The van der Waals surface area contributed by atoms with E-state index >= 15 is 0 Å². The molecule has 1 N–H and O–H groups in total. The molecule has 1 unspecified atom stereocenters. The predicted molar refractivity (Wildman–Crippen MR) is 102 cm³/mol. The van der Waals surface area contributed by atoms with Crippen molar-refractivity contribution in [1.82, 2.24) is 14.7 Å². The van der Waals surface area contributed by atoms with Crippen LogP contribution in [0.1, 0.15) is 18.4 Å². The average molecular weight is 346 g/mol. The molecule has 1 aromatic heterocycles. The molecule has 0 bridgehead atoms. The van der Waals surface area contributed by atoms with E-state index in [9.17, 15) is 4.79 Å². The van der Waals surface area contributed by atoms with Crippen molar-refractivity contribution in [2.75, 3.05) is 11.9 Å². The number of hydrogen-bond acceptors (Lipinski definition) is 3. The molecule has 1 aliphatic heterocycles. The number of carbonyl (C=O) groups is 1. The van der Waals surface area contributed by atoms with E-state index in [4.69, 9.17) is 0 Å². The average Bonchev–Trinajstić information content (AvgIpc) is 3.35. The number of amides is 1. The van der Waals surface area contributed by atoms with E-state index in [-0.39, 0.29) is 11.9 Å². The Morgan fingerprint density at radius 2 is 1.88 bits per heavy atom. The maximum Gasteiger partial charge on any atom is 0.241 e. The zero-order valence-electron chi connectivity index (χ0n) is 14.6. The number of rotatable bonds is 5. The van der Waals surface area contributed by atoms with Gasteiger partial charge in [-0.05, 0) is 55.3 Å². The summed E-state index contributed by atoms with van der Waals surface area (Å²) < 4.78 is 1.84. The summed E-state index contributed by atoms with van der Waals surface area (Å²) >= 11 is 0. The van der Waals surface area contributed by atoms with Gasteiger partial charge in [-0.1, -0.05) is 30.3 Å². The lowest BCUT2D eigenvalue weighted by molar-refractivity contribution is -0.120. The Balaban J connectivity index is 1.41. The van der Waals surface area contributed by atoms with Crippen LogP contribution in [0.3, 0.4) is 0 Å². The van der Waals surface area contributed by atoms with E-state index in [0.29, 0.717) is 0 Å².